The molecule has 2 aromatic carbocycles. The van der Waals surface area contributed by atoms with Crippen molar-refractivity contribution >= 4 is 40.5 Å². The number of benzene rings is 2. The highest BCUT2D eigenvalue weighted by atomic mass is 35.5. The summed E-state index contributed by atoms with van der Waals surface area (Å²) in [4.78, 5) is 16.5. The molecular formula is C24H18ClN3O2S. The molecule has 5 nitrogen and oxygen atoms in total. The Bertz CT molecular complexity index is 1190. The van der Waals surface area contributed by atoms with Crippen LogP contribution in [0.1, 0.15) is 21.7 Å². The number of amides is 1. The fraction of sp³-hybridized carbons (Fsp3) is 0.0417. The molecule has 7 heteroatoms. The van der Waals surface area contributed by atoms with Gasteiger partial charge >= 0.3 is 0 Å². The highest BCUT2D eigenvalue weighted by Gasteiger charge is 2.14. The van der Waals surface area contributed by atoms with Crippen LogP contribution in [0.2, 0.25) is 5.02 Å². The molecule has 2 heterocycles. The standard InChI is InChI=1S/C24H18ClN3O2S/c25-19-5-3-18(4-6-19)21-9-10-22(30-21)23(29)28-24(31)27-20-7-1-16(2-8-20)15-17-11-13-26-14-12-17/h1-14H,15H2,(H2,27,28,29,31). The Morgan fingerprint density at radius 1 is 0.903 bits per heavy atom. The number of nitrogens with one attached hydrogen (secondary N) is 2. The number of hydrogen-bond donors (Lipinski definition) is 2. The number of furan rings is 1. The van der Waals surface area contributed by atoms with Gasteiger partial charge in [0.25, 0.3) is 5.91 Å². The van der Waals surface area contributed by atoms with E-state index in [-0.39, 0.29) is 10.9 Å². The number of nitrogens with zero attached hydrogens (tertiary/aromatic N) is 1. The lowest BCUT2D eigenvalue weighted by Crippen LogP contribution is -2.33. The van der Waals surface area contributed by atoms with Gasteiger partial charge in [-0.05, 0) is 90.4 Å². The summed E-state index contributed by atoms with van der Waals surface area (Å²) in [7, 11) is 0. The van der Waals surface area contributed by atoms with E-state index in [1.54, 1.807) is 36.7 Å². The Morgan fingerprint density at radius 2 is 1.58 bits per heavy atom. The molecule has 2 aromatic heterocycles. The van der Waals surface area contributed by atoms with E-state index in [1.165, 1.54) is 5.56 Å². The van der Waals surface area contributed by atoms with E-state index in [2.05, 4.69) is 15.6 Å². The van der Waals surface area contributed by atoms with E-state index < -0.39 is 5.91 Å². The van der Waals surface area contributed by atoms with E-state index in [4.69, 9.17) is 28.2 Å². The molecule has 0 saturated heterocycles. The van der Waals surface area contributed by atoms with Gasteiger partial charge in [-0.2, -0.15) is 0 Å². The minimum absolute atomic E-state index is 0.168. The van der Waals surface area contributed by atoms with E-state index in [0.717, 1.165) is 23.2 Å². The molecule has 0 fully saturated rings. The van der Waals surface area contributed by atoms with Gasteiger partial charge in [-0.25, -0.2) is 0 Å². The fourth-order valence-corrected chi connectivity index (χ4v) is 3.34. The fourth-order valence-electron chi connectivity index (χ4n) is 3.00. The van der Waals surface area contributed by atoms with Gasteiger partial charge in [0, 0.05) is 28.7 Å². The van der Waals surface area contributed by atoms with Crippen LogP contribution in [0.25, 0.3) is 11.3 Å². The molecule has 0 aliphatic rings. The Labute approximate surface area is 190 Å². The van der Waals surface area contributed by atoms with Crippen LogP contribution in [0.3, 0.4) is 0 Å². The maximum Gasteiger partial charge on any atom is 0.293 e. The summed E-state index contributed by atoms with van der Waals surface area (Å²) in [5.74, 6) is 0.319. The van der Waals surface area contributed by atoms with Crippen LogP contribution in [0.4, 0.5) is 5.69 Å². The lowest BCUT2D eigenvalue weighted by molar-refractivity contribution is 0.0951. The van der Waals surface area contributed by atoms with Crippen molar-refractivity contribution < 1.29 is 9.21 Å². The van der Waals surface area contributed by atoms with Crippen molar-refractivity contribution in [3.8, 4) is 11.3 Å². The van der Waals surface area contributed by atoms with Crippen LogP contribution >= 0.6 is 23.8 Å². The lowest BCUT2D eigenvalue weighted by Gasteiger charge is -2.09. The van der Waals surface area contributed by atoms with Crippen LogP contribution < -0.4 is 10.6 Å². The van der Waals surface area contributed by atoms with Gasteiger partial charge in [0.05, 0.1) is 0 Å². The number of aromatic nitrogens is 1. The molecule has 0 bridgehead atoms. The quantitative estimate of drug-likeness (QED) is 0.383. The Morgan fingerprint density at radius 3 is 2.29 bits per heavy atom. The first-order chi connectivity index (χ1) is 15.1. The number of carbonyl (C=O) groups is 1. The van der Waals surface area contributed by atoms with Gasteiger partial charge < -0.3 is 9.73 Å². The largest absolute Gasteiger partial charge is 0.451 e. The second-order valence-electron chi connectivity index (χ2n) is 6.81. The minimum Gasteiger partial charge on any atom is -0.451 e. The molecule has 0 radical (unpaired) electrons. The van der Waals surface area contributed by atoms with Crippen LogP contribution in [0, 0.1) is 0 Å². The second-order valence-corrected chi connectivity index (χ2v) is 7.65. The predicted molar refractivity (Wildman–Crippen MR) is 126 cm³/mol. The summed E-state index contributed by atoms with van der Waals surface area (Å²) in [6, 6.07) is 22.4. The highest BCUT2D eigenvalue weighted by molar-refractivity contribution is 7.80. The van der Waals surface area contributed by atoms with Gasteiger partial charge in [-0.1, -0.05) is 23.7 Å². The number of halogens is 1. The summed E-state index contributed by atoms with van der Waals surface area (Å²) < 4.78 is 5.65. The molecule has 4 aromatic rings. The number of hydrogen-bond acceptors (Lipinski definition) is 4. The van der Waals surface area contributed by atoms with Crippen LogP contribution in [-0.2, 0) is 6.42 Å². The van der Waals surface area contributed by atoms with Crippen molar-refractivity contribution in [2.45, 2.75) is 6.42 Å². The monoisotopic (exact) mass is 447 g/mol. The third-order valence-electron chi connectivity index (χ3n) is 4.55. The first-order valence-electron chi connectivity index (χ1n) is 9.53. The molecule has 31 heavy (non-hydrogen) atoms. The van der Waals surface area contributed by atoms with Crippen molar-refractivity contribution in [2.24, 2.45) is 0 Å². The van der Waals surface area contributed by atoms with Crippen LogP contribution in [0.15, 0.2) is 89.6 Å². The number of carbonyl (C=O) groups excluding carboxylic acids is 1. The van der Waals surface area contributed by atoms with E-state index in [1.807, 2.05) is 48.5 Å². The number of anilines is 1. The average Bonchev–Trinajstić information content (AvgIpc) is 3.27. The molecule has 0 spiro atoms. The molecule has 0 unspecified atom stereocenters. The van der Waals surface area contributed by atoms with Crippen molar-refractivity contribution in [1.29, 1.82) is 0 Å². The van der Waals surface area contributed by atoms with Gasteiger partial charge in [-0.15, -0.1) is 0 Å². The second kappa shape index (κ2) is 9.55. The SMILES string of the molecule is O=C(NC(=S)Nc1ccc(Cc2ccncc2)cc1)c1ccc(-c2ccc(Cl)cc2)o1. The predicted octanol–water partition coefficient (Wildman–Crippen LogP) is 5.71. The molecular weight excluding hydrogens is 430 g/mol. The van der Waals surface area contributed by atoms with E-state index >= 15 is 0 Å². The molecule has 0 atom stereocenters. The number of rotatable bonds is 5. The van der Waals surface area contributed by atoms with Crippen molar-refractivity contribution in [3.63, 3.8) is 0 Å². The Kier molecular flexibility index (Phi) is 6.40. The molecule has 0 aliphatic heterocycles. The Hall–Kier alpha value is -3.48. The topological polar surface area (TPSA) is 67.2 Å². The van der Waals surface area contributed by atoms with Crippen molar-refractivity contribution in [2.75, 3.05) is 5.32 Å². The third kappa shape index (κ3) is 5.57. The van der Waals surface area contributed by atoms with Crippen LogP contribution in [0.5, 0.6) is 0 Å². The summed E-state index contributed by atoms with van der Waals surface area (Å²) in [6.07, 6.45) is 4.38. The maximum absolute atomic E-state index is 12.4. The highest BCUT2D eigenvalue weighted by Crippen LogP contribution is 2.23. The lowest BCUT2D eigenvalue weighted by atomic mass is 10.1. The first kappa shape index (κ1) is 20.8. The van der Waals surface area contributed by atoms with Gasteiger partial charge in [-0.3, -0.25) is 15.1 Å². The molecule has 154 valence electrons. The number of thiocarbonyl (C=S) groups is 1. The zero-order chi connectivity index (χ0) is 21.6. The molecule has 1 amide bonds. The van der Waals surface area contributed by atoms with E-state index in [0.29, 0.717) is 10.8 Å². The summed E-state index contributed by atoms with van der Waals surface area (Å²) in [5, 5.41) is 6.47. The van der Waals surface area contributed by atoms with Gasteiger partial charge in [0.2, 0.25) is 0 Å². The summed E-state index contributed by atoms with van der Waals surface area (Å²) >= 11 is 11.2. The first-order valence-corrected chi connectivity index (χ1v) is 10.3. The van der Waals surface area contributed by atoms with Gasteiger partial charge in [0.15, 0.2) is 10.9 Å². The minimum atomic E-state index is -0.424. The average molecular weight is 448 g/mol. The maximum atomic E-state index is 12.4. The van der Waals surface area contributed by atoms with Crippen LogP contribution in [-0.4, -0.2) is 16.0 Å². The molecule has 2 N–H and O–H groups in total. The smallest absolute Gasteiger partial charge is 0.293 e. The number of pyridine rings is 1. The zero-order valence-corrected chi connectivity index (χ0v) is 17.9. The summed E-state index contributed by atoms with van der Waals surface area (Å²) in [5.41, 5.74) is 3.97. The molecule has 0 saturated carbocycles. The Balaban J connectivity index is 1.33. The molecule has 0 aliphatic carbocycles. The van der Waals surface area contributed by atoms with Crippen molar-refractivity contribution in [3.05, 3.63) is 107 Å². The van der Waals surface area contributed by atoms with Gasteiger partial charge in [0.1, 0.15) is 5.76 Å². The summed E-state index contributed by atoms with van der Waals surface area (Å²) in [6.45, 7) is 0. The molecule has 4 rings (SSSR count). The van der Waals surface area contributed by atoms with Crippen molar-refractivity contribution in [1.82, 2.24) is 10.3 Å². The zero-order valence-electron chi connectivity index (χ0n) is 16.3. The normalized spacial score (nSPS) is 10.5. The third-order valence-corrected chi connectivity index (χ3v) is 5.01. The van der Waals surface area contributed by atoms with E-state index in [9.17, 15) is 4.79 Å².